The van der Waals surface area contributed by atoms with Crippen LogP contribution >= 0.6 is 11.6 Å². The number of H-pyrrole nitrogens is 1. The van der Waals surface area contributed by atoms with Gasteiger partial charge in [-0.2, -0.15) is 5.10 Å². The van der Waals surface area contributed by atoms with Crippen LogP contribution in [0, 0.1) is 0 Å². The van der Waals surface area contributed by atoms with Crippen LogP contribution in [-0.2, 0) is 10.3 Å². The average Bonchev–Trinajstić information content (AvgIpc) is 3.10. The summed E-state index contributed by atoms with van der Waals surface area (Å²) in [5.74, 6) is 0.782. The number of pyridine rings is 1. The molecule has 3 heterocycles. The van der Waals surface area contributed by atoms with Crippen molar-refractivity contribution < 1.29 is 4.79 Å². The number of halogens is 1. The molecule has 0 saturated heterocycles. The fourth-order valence-electron chi connectivity index (χ4n) is 3.18. The van der Waals surface area contributed by atoms with Gasteiger partial charge in [0.05, 0.1) is 21.8 Å². The topological polar surface area (TPSA) is 108 Å². The van der Waals surface area contributed by atoms with E-state index in [0.717, 1.165) is 27.7 Å². The fraction of sp³-hybridized carbons (Fsp3) is 0.190. The number of nitrogens with zero attached hydrogens (tertiary/aromatic N) is 4. The first-order valence-corrected chi connectivity index (χ1v) is 9.68. The van der Waals surface area contributed by atoms with E-state index in [1.54, 1.807) is 30.7 Å². The smallest absolute Gasteiger partial charge is 0.223 e. The van der Waals surface area contributed by atoms with E-state index in [9.17, 15) is 4.79 Å². The highest BCUT2D eigenvalue weighted by atomic mass is 35.5. The van der Waals surface area contributed by atoms with Crippen LogP contribution in [0.15, 0.2) is 48.9 Å². The second kappa shape index (κ2) is 7.72. The van der Waals surface area contributed by atoms with E-state index in [4.69, 9.17) is 11.6 Å². The number of benzene rings is 1. The molecular formula is C21H20ClN7O. The SMILES string of the molecule is CC(=O)Nc1n[nH]c2ccc(-c3cnc(NC(C)(C)c4ncccc4Cl)nc3)cc12. The van der Waals surface area contributed by atoms with Crippen LogP contribution < -0.4 is 10.6 Å². The molecule has 8 nitrogen and oxygen atoms in total. The second-order valence-corrected chi connectivity index (χ2v) is 7.80. The first-order valence-electron chi connectivity index (χ1n) is 9.31. The summed E-state index contributed by atoms with van der Waals surface area (Å²) in [5, 5.41) is 14.4. The molecule has 0 saturated carbocycles. The maximum absolute atomic E-state index is 11.4. The lowest BCUT2D eigenvalue weighted by atomic mass is 10.00. The van der Waals surface area contributed by atoms with Gasteiger partial charge in [-0.05, 0) is 43.7 Å². The number of carbonyl (C=O) groups is 1. The van der Waals surface area contributed by atoms with Crippen molar-refractivity contribution in [1.82, 2.24) is 25.1 Å². The van der Waals surface area contributed by atoms with Crippen molar-refractivity contribution in [2.45, 2.75) is 26.3 Å². The van der Waals surface area contributed by atoms with Crippen LogP contribution in [0.4, 0.5) is 11.8 Å². The monoisotopic (exact) mass is 421 g/mol. The maximum Gasteiger partial charge on any atom is 0.223 e. The number of amides is 1. The van der Waals surface area contributed by atoms with Gasteiger partial charge in [-0.25, -0.2) is 9.97 Å². The number of carbonyl (C=O) groups excluding carboxylic acids is 1. The zero-order valence-electron chi connectivity index (χ0n) is 16.7. The minimum Gasteiger partial charge on any atom is -0.344 e. The van der Waals surface area contributed by atoms with Gasteiger partial charge in [0.25, 0.3) is 0 Å². The third-order valence-electron chi connectivity index (χ3n) is 4.62. The van der Waals surface area contributed by atoms with Gasteiger partial charge < -0.3 is 10.6 Å². The zero-order valence-corrected chi connectivity index (χ0v) is 17.4. The summed E-state index contributed by atoms with van der Waals surface area (Å²) in [6.07, 6.45) is 5.19. The van der Waals surface area contributed by atoms with Crippen molar-refractivity contribution in [1.29, 1.82) is 0 Å². The summed E-state index contributed by atoms with van der Waals surface area (Å²) in [6.45, 7) is 5.38. The Balaban J connectivity index is 1.59. The number of aromatic amines is 1. The zero-order chi connectivity index (χ0) is 21.3. The van der Waals surface area contributed by atoms with E-state index in [0.29, 0.717) is 16.8 Å². The Hall–Kier alpha value is -3.52. The molecule has 1 aromatic carbocycles. The Labute approximate surface area is 178 Å². The summed E-state index contributed by atoms with van der Waals surface area (Å²) in [4.78, 5) is 24.7. The molecule has 0 bridgehead atoms. The van der Waals surface area contributed by atoms with Gasteiger partial charge in [0.1, 0.15) is 0 Å². The van der Waals surface area contributed by atoms with Crippen molar-refractivity contribution >= 4 is 40.2 Å². The van der Waals surface area contributed by atoms with Gasteiger partial charge in [-0.15, -0.1) is 0 Å². The molecule has 0 radical (unpaired) electrons. The summed E-state index contributed by atoms with van der Waals surface area (Å²) >= 11 is 6.29. The maximum atomic E-state index is 11.4. The van der Waals surface area contributed by atoms with Gasteiger partial charge in [0.15, 0.2) is 5.82 Å². The van der Waals surface area contributed by atoms with E-state index < -0.39 is 5.54 Å². The van der Waals surface area contributed by atoms with Crippen molar-refractivity contribution in [2.75, 3.05) is 10.6 Å². The van der Waals surface area contributed by atoms with E-state index in [1.807, 2.05) is 32.0 Å². The molecule has 0 aliphatic carbocycles. The number of rotatable bonds is 5. The molecule has 0 fully saturated rings. The number of anilines is 2. The standard InChI is InChI=1S/C21H20ClN7O/c1-12(30)26-19-15-9-13(6-7-17(15)28-29-19)14-10-24-20(25-11-14)27-21(2,3)18-16(22)5-4-8-23-18/h4-11H,1-3H3,(H,24,25,27)(H2,26,28,29,30). The molecule has 0 unspecified atom stereocenters. The Kier molecular flexibility index (Phi) is 5.09. The van der Waals surface area contributed by atoms with Gasteiger partial charge in [-0.1, -0.05) is 17.7 Å². The molecular weight excluding hydrogens is 402 g/mol. The molecule has 30 heavy (non-hydrogen) atoms. The van der Waals surface area contributed by atoms with Gasteiger partial charge in [0.2, 0.25) is 11.9 Å². The molecule has 4 rings (SSSR count). The molecule has 9 heteroatoms. The summed E-state index contributed by atoms with van der Waals surface area (Å²) in [5.41, 5.74) is 2.74. The molecule has 0 aliphatic heterocycles. The van der Waals surface area contributed by atoms with Crippen molar-refractivity contribution in [3.63, 3.8) is 0 Å². The lowest BCUT2D eigenvalue weighted by molar-refractivity contribution is -0.114. The normalized spacial score (nSPS) is 11.5. The van der Waals surface area contributed by atoms with E-state index in [1.165, 1.54) is 6.92 Å². The summed E-state index contributed by atoms with van der Waals surface area (Å²) in [6, 6.07) is 9.39. The molecule has 0 atom stereocenters. The Morgan fingerprint density at radius 2 is 1.87 bits per heavy atom. The van der Waals surface area contributed by atoms with Crippen LogP contribution in [0.3, 0.4) is 0 Å². The molecule has 152 valence electrons. The highest BCUT2D eigenvalue weighted by molar-refractivity contribution is 6.31. The number of hydrogen-bond donors (Lipinski definition) is 3. The molecule has 0 spiro atoms. The van der Waals surface area contributed by atoms with E-state index in [-0.39, 0.29) is 5.91 Å². The van der Waals surface area contributed by atoms with Crippen LogP contribution in [0.2, 0.25) is 5.02 Å². The van der Waals surface area contributed by atoms with Gasteiger partial charge in [0, 0.05) is 36.5 Å². The highest BCUT2D eigenvalue weighted by Gasteiger charge is 2.25. The van der Waals surface area contributed by atoms with E-state index >= 15 is 0 Å². The van der Waals surface area contributed by atoms with E-state index in [2.05, 4.69) is 35.8 Å². The van der Waals surface area contributed by atoms with Crippen molar-refractivity contribution in [3.05, 3.63) is 59.6 Å². The highest BCUT2D eigenvalue weighted by Crippen LogP contribution is 2.30. The molecule has 1 amide bonds. The van der Waals surface area contributed by atoms with Gasteiger partial charge in [-0.3, -0.25) is 14.9 Å². The summed E-state index contributed by atoms with van der Waals surface area (Å²) < 4.78 is 0. The lowest BCUT2D eigenvalue weighted by Crippen LogP contribution is -2.30. The summed E-state index contributed by atoms with van der Waals surface area (Å²) in [7, 11) is 0. The second-order valence-electron chi connectivity index (χ2n) is 7.39. The number of aromatic nitrogens is 5. The minimum absolute atomic E-state index is 0.178. The number of fused-ring (bicyclic) bond motifs is 1. The fourth-order valence-corrected chi connectivity index (χ4v) is 3.54. The number of hydrogen-bond acceptors (Lipinski definition) is 6. The van der Waals surface area contributed by atoms with Crippen LogP contribution in [0.1, 0.15) is 26.5 Å². The molecule has 3 N–H and O–H groups in total. The Morgan fingerprint density at radius 3 is 2.57 bits per heavy atom. The van der Waals surface area contributed by atoms with Gasteiger partial charge >= 0.3 is 0 Å². The van der Waals surface area contributed by atoms with Crippen molar-refractivity contribution in [3.8, 4) is 11.1 Å². The minimum atomic E-state index is -0.553. The predicted octanol–water partition coefficient (Wildman–Crippen LogP) is 4.37. The molecule has 4 aromatic rings. The van der Waals surface area contributed by atoms with Crippen LogP contribution in [-0.4, -0.2) is 31.1 Å². The third kappa shape index (κ3) is 3.95. The van der Waals surface area contributed by atoms with Crippen LogP contribution in [0.5, 0.6) is 0 Å². The largest absolute Gasteiger partial charge is 0.344 e. The lowest BCUT2D eigenvalue weighted by Gasteiger charge is -2.26. The first-order chi connectivity index (χ1) is 14.3. The predicted molar refractivity (Wildman–Crippen MR) is 117 cm³/mol. The first kappa shape index (κ1) is 19.8. The Morgan fingerprint density at radius 1 is 1.10 bits per heavy atom. The van der Waals surface area contributed by atoms with Crippen LogP contribution in [0.25, 0.3) is 22.0 Å². The quantitative estimate of drug-likeness (QED) is 0.441. The third-order valence-corrected chi connectivity index (χ3v) is 4.92. The number of nitrogens with one attached hydrogen (secondary N) is 3. The Bertz CT molecular complexity index is 1220. The molecule has 3 aromatic heterocycles. The molecule has 0 aliphatic rings. The van der Waals surface area contributed by atoms with Crippen molar-refractivity contribution in [2.24, 2.45) is 0 Å². The average molecular weight is 422 g/mol.